The molecular formula is C21H25NO. The van der Waals surface area contributed by atoms with Crippen LogP contribution in [0.1, 0.15) is 43.7 Å². The fourth-order valence-electron chi connectivity index (χ4n) is 3.32. The number of carbonyl (C=O) groups is 1. The Morgan fingerprint density at radius 2 is 1.39 bits per heavy atom. The Labute approximate surface area is 139 Å². The average Bonchev–Trinajstić information content (AvgIpc) is 3.38. The molecule has 0 aromatic heterocycles. The van der Waals surface area contributed by atoms with Crippen LogP contribution in [-0.2, 0) is 17.9 Å². The lowest BCUT2D eigenvalue weighted by molar-refractivity contribution is -0.126. The van der Waals surface area contributed by atoms with Crippen molar-refractivity contribution in [2.45, 2.75) is 51.2 Å². The maximum atomic E-state index is 12.7. The molecule has 0 N–H and O–H groups in total. The number of rotatable bonds is 8. The van der Waals surface area contributed by atoms with Crippen LogP contribution in [0.5, 0.6) is 0 Å². The lowest BCUT2D eigenvalue weighted by Crippen LogP contribution is -2.42. The number of benzene rings is 2. The van der Waals surface area contributed by atoms with Crippen molar-refractivity contribution in [3.63, 3.8) is 0 Å². The molecule has 0 spiro atoms. The number of hydrogen-bond donors (Lipinski definition) is 0. The first-order valence-corrected chi connectivity index (χ1v) is 8.61. The van der Waals surface area contributed by atoms with Gasteiger partial charge in [-0.05, 0) is 30.4 Å². The molecule has 120 valence electrons. The molecule has 0 unspecified atom stereocenters. The average molecular weight is 307 g/mol. The van der Waals surface area contributed by atoms with Gasteiger partial charge in [-0.1, -0.05) is 67.6 Å². The highest BCUT2D eigenvalue weighted by Crippen LogP contribution is 2.45. The summed E-state index contributed by atoms with van der Waals surface area (Å²) in [6.07, 6.45) is 3.64. The molecule has 2 nitrogen and oxygen atoms in total. The molecule has 3 rings (SSSR count). The molecule has 1 saturated carbocycles. The van der Waals surface area contributed by atoms with Crippen LogP contribution in [-0.4, -0.2) is 16.2 Å². The van der Waals surface area contributed by atoms with E-state index in [9.17, 15) is 4.79 Å². The summed E-state index contributed by atoms with van der Waals surface area (Å²) in [7, 11) is 0. The summed E-state index contributed by atoms with van der Waals surface area (Å²) in [4.78, 5) is 15.1. The van der Waals surface area contributed by atoms with E-state index in [4.69, 9.17) is 0 Å². The van der Waals surface area contributed by atoms with E-state index in [1.165, 1.54) is 11.1 Å². The van der Waals surface area contributed by atoms with Crippen molar-refractivity contribution >= 4 is 5.78 Å². The van der Waals surface area contributed by atoms with E-state index in [0.29, 0.717) is 12.2 Å². The quantitative estimate of drug-likeness (QED) is 0.711. The topological polar surface area (TPSA) is 20.3 Å². The zero-order chi connectivity index (χ0) is 16.1. The summed E-state index contributed by atoms with van der Waals surface area (Å²) in [5.74, 6) is 0.423. The van der Waals surface area contributed by atoms with E-state index < -0.39 is 0 Å². The van der Waals surface area contributed by atoms with Gasteiger partial charge in [0.1, 0.15) is 0 Å². The number of nitrogens with zero attached hydrogens (tertiary/aromatic N) is 1. The molecule has 0 radical (unpaired) electrons. The van der Waals surface area contributed by atoms with E-state index in [-0.39, 0.29) is 5.54 Å². The molecule has 2 heteroatoms. The fraction of sp³-hybridized carbons (Fsp3) is 0.381. The van der Waals surface area contributed by atoms with Crippen molar-refractivity contribution in [1.82, 2.24) is 4.90 Å². The third-order valence-corrected chi connectivity index (χ3v) is 4.76. The van der Waals surface area contributed by atoms with Gasteiger partial charge in [-0.2, -0.15) is 0 Å². The summed E-state index contributed by atoms with van der Waals surface area (Å²) < 4.78 is 0. The Bertz CT molecular complexity index is 590. The van der Waals surface area contributed by atoms with Crippen molar-refractivity contribution < 1.29 is 4.79 Å². The van der Waals surface area contributed by atoms with E-state index >= 15 is 0 Å². The number of ketones is 1. The highest BCUT2D eigenvalue weighted by molar-refractivity contribution is 5.91. The predicted molar refractivity (Wildman–Crippen MR) is 94.0 cm³/mol. The monoisotopic (exact) mass is 307 g/mol. The smallest absolute Gasteiger partial charge is 0.153 e. The van der Waals surface area contributed by atoms with Crippen molar-refractivity contribution in [3.8, 4) is 0 Å². The molecule has 23 heavy (non-hydrogen) atoms. The number of carbonyl (C=O) groups excluding carboxylic acids is 1. The number of hydrogen-bond acceptors (Lipinski definition) is 2. The molecule has 1 aliphatic rings. The van der Waals surface area contributed by atoms with Gasteiger partial charge in [-0.15, -0.1) is 0 Å². The molecule has 0 amide bonds. The molecule has 0 saturated heterocycles. The van der Waals surface area contributed by atoms with Crippen LogP contribution in [0.15, 0.2) is 60.7 Å². The molecule has 0 bridgehead atoms. The lowest BCUT2D eigenvalue weighted by atomic mass is 10.0. The number of Topliss-reactive ketones (excluding diaryl/α,β-unsaturated/α-hetero) is 1. The summed E-state index contributed by atoms with van der Waals surface area (Å²) in [6, 6.07) is 21.0. The normalized spacial score (nSPS) is 15.6. The maximum Gasteiger partial charge on any atom is 0.153 e. The largest absolute Gasteiger partial charge is 0.298 e. The SMILES string of the molecule is CCCC(=O)C1(N(Cc2ccccc2)Cc2ccccc2)CC1. The van der Waals surface area contributed by atoms with Gasteiger partial charge < -0.3 is 0 Å². The molecular weight excluding hydrogens is 282 g/mol. The first-order valence-electron chi connectivity index (χ1n) is 8.61. The molecule has 2 aromatic rings. The van der Waals surface area contributed by atoms with E-state index in [0.717, 1.165) is 32.4 Å². The Balaban J connectivity index is 1.83. The van der Waals surface area contributed by atoms with Gasteiger partial charge in [0.05, 0.1) is 5.54 Å². The van der Waals surface area contributed by atoms with Crippen LogP contribution < -0.4 is 0 Å². The van der Waals surface area contributed by atoms with E-state index in [1.54, 1.807) is 0 Å². The van der Waals surface area contributed by atoms with E-state index in [1.807, 2.05) is 12.1 Å². The molecule has 1 aliphatic carbocycles. The zero-order valence-corrected chi connectivity index (χ0v) is 13.9. The fourth-order valence-corrected chi connectivity index (χ4v) is 3.32. The lowest BCUT2D eigenvalue weighted by Gasteiger charge is -2.31. The van der Waals surface area contributed by atoms with Crippen LogP contribution in [0.3, 0.4) is 0 Å². The van der Waals surface area contributed by atoms with Gasteiger partial charge in [0.2, 0.25) is 0 Å². The minimum Gasteiger partial charge on any atom is -0.298 e. The third kappa shape index (κ3) is 3.70. The van der Waals surface area contributed by atoms with Crippen LogP contribution in [0.4, 0.5) is 0 Å². The summed E-state index contributed by atoms with van der Waals surface area (Å²) in [5.41, 5.74) is 2.33. The van der Waals surface area contributed by atoms with Gasteiger partial charge >= 0.3 is 0 Å². The van der Waals surface area contributed by atoms with Crippen LogP contribution >= 0.6 is 0 Å². The second-order valence-corrected chi connectivity index (χ2v) is 6.53. The van der Waals surface area contributed by atoms with Gasteiger partial charge in [-0.3, -0.25) is 9.69 Å². The van der Waals surface area contributed by atoms with Crippen LogP contribution in [0.25, 0.3) is 0 Å². The first-order chi connectivity index (χ1) is 11.2. The van der Waals surface area contributed by atoms with Crippen LogP contribution in [0.2, 0.25) is 0 Å². The van der Waals surface area contributed by atoms with Crippen molar-refractivity contribution in [1.29, 1.82) is 0 Å². The zero-order valence-electron chi connectivity index (χ0n) is 13.9. The van der Waals surface area contributed by atoms with Gasteiger partial charge in [0.15, 0.2) is 5.78 Å². The Morgan fingerprint density at radius 1 is 0.913 bits per heavy atom. The maximum absolute atomic E-state index is 12.7. The van der Waals surface area contributed by atoms with Crippen LogP contribution in [0, 0.1) is 0 Å². The van der Waals surface area contributed by atoms with Crippen molar-refractivity contribution in [2.75, 3.05) is 0 Å². The summed E-state index contributed by atoms with van der Waals surface area (Å²) in [5, 5.41) is 0. The van der Waals surface area contributed by atoms with Gasteiger partial charge in [0.25, 0.3) is 0 Å². The highest BCUT2D eigenvalue weighted by Gasteiger charge is 2.53. The standard InChI is InChI=1S/C21H25NO/c1-2-9-20(23)21(14-15-21)22(16-18-10-5-3-6-11-18)17-19-12-7-4-8-13-19/h3-8,10-13H,2,9,14-17H2,1H3. The van der Waals surface area contributed by atoms with Gasteiger partial charge in [-0.25, -0.2) is 0 Å². The molecule has 1 fully saturated rings. The van der Waals surface area contributed by atoms with E-state index in [2.05, 4.69) is 60.4 Å². The third-order valence-electron chi connectivity index (χ3n) is 4.76. The highest BCUT2D eigenvalue weighted by atomic mass is 16.1. The molecule has 0 aliphatic heterocycles. The Hall–Kier alpha value is -1.93. The minimum absolute atomic E-state index is 0.221. The predicted octanol–water partition coefficient (Wildman–Crippen LogP) is 4.59. The summed E-state index contributed by atoms with van der Waals surface area (Å²) in [6.45, 7) is 3.77. The Morgan fingerprint density at radius 3 is 1.78 bits per heavy atom. The molecule has 0 atom stereocenters. The first kappa shape index (κ1) is 15.9. The minimum atomic E-state index is -0.221. The second-order valence-electron chi connectivity index (χ2n) is 6.53. The van der Waals surface area contributed by atoms with Crippen molar-refractivity contribution in [2.24, 2.45) is 0 Å². The van der Waals surface area contributed by atoms with Gasteiger partial charge in [0, 0.05) is 19.5 Å². The molecule has 0 heterocycles. The van der Waals surface area contributed by atoms with Crippen molar-refractivity contribution in [3.05, 3.63) is 71.8 Å². The Kier molecular flexibility index (Phi) is 4.92. The molecule has 2 aromatic carbocycles. The summed E-state index contributed by atoms with van der Waals surface area (Å²) >= 11 is 0. The second kappa shape index (κ2) is 7.10.